The van der Waals surface area contributed by atoms with Crippen molar-refractivity contribution in [3.05, 3.63) is 38.0 Å². The van der Waals surface area contributed by atoms with Gasteiger partial charge in [0.05, 0.1) is 0 Å². The van der Waals surface area contributed by atoms with Crippen LogP contribution in [-0.2, 0) is 42.8 Å². The van der Waals surface area contributed by atoms with Crippen LogP contribution in [0.15, 0.2) is 38.0 Å². The molecule has 0 bridgehead atoms. The molecule has 0 aliphatic rings. The van der Waals surface area contributed by atoms with Gasteiger partial charge >= 0.3 is 72.1 Å². The topological polar surface area (TPSA) is 107 Å². The maximum absolute atomic E-state index is 15.7. The number of carbonyl (C=O) groups excluding carboxylic acids is 3. The van der Waals surface area contributed by atoms with E-state index < -0.39 is 98.1 Å². The summed E-state index contributed by atoms with van der Waals surface area (Å²) in [7, 11) is 0. The Labute approximate surface area is 258 Å². The molecule has 0 amide bonds. The zero-order valence-electron chi connectivity index (χ0n) is 23.0. The summed E-state index contributed by atoms with van der Waals surface area (Å²) in [6.45, 7) is -1.97. The van der Waals surface area contributed by atoms with Gasteiger partial charge in [-0.2, -0.15) is 74.6 Å². The summed E-state index contributed by atoms with van der Waals surface area (Å²) in [6, 6.07) is 0. The number of carbonyl (C=O) groups is 3. The summed E-state index contributed by atoms with van der Waals surface area (Å²) in [4.78, 5) is 33.0. The summed E-state index contributed by atoms with van der Waals surface area (Å²) >= 11 is 0. The fraction of sp³-hybridized carbons (Fsp3) is 0.591. The van der Waals surface area contributed by atoms with Gasteiger partial charge in [0.15, 0.2) is 19.3 Å². The van der Waals surface area contributed by atoms with Crippen molar-refractivity contribution in [2.75, 3.05) is 19.8 Å². The van der Waals surface area contributed by atoms with E-state index in [1.54, 1.807) is 0 Å². The fourth-order valence-electron chi connectivity index (χ4n) is 2.51. The van der Waals surface area contributed by atoms with Crippen molar-refractivity contribution in [1.29, 1.82) is 0 Å². The van der Waals surface area contributed by atoms with E-state index in [0.717, 1.165) is 0 Å². The van der Waals surface area contributed by atoms with E-state index in [-0.39, 0.29) is 18.2 Å². The molecule has 0 aromatic carbocycles. The minimum Gasteiger partial charge on any atom is -0.459 e. The normalized spacial score (nSPS) is 17.8. The summed E-state index contributed by atoms with van der Waals surface area (Å²) < 4.78 is 271. The minimum atomic E-state index is -8.53. The highest BCUT2D eigenvalue weighted by Crippen LogP contribution is 2.59. The Kier molecular flexibility index (Phi) is 13.9. The average molecular weight is 766 g/mol. The number of rotatable bonds is 18. The fourth-order valence-corrected chi connectivity index (χ4v) is 2.51. The molecule has 0 saturated heterocycles. The first-order chi connectivity index (χ1) is 21.6. The Hall–Kier alpha value is -3.75. The lowest BCUT2D eigenvalue weighted by molar-refractivity contribution is -0.545. The second kappa shape index (κ2) is 15.0. The van der Waals surface area contributed by atoms with Crippen LogP contribution >= 0.6 is 0 Å². The smallest absolute Gasteiger partial charge is 0.452 e. The third-order valence-electron chi connectivity index (χ3n) is 4.96. The van der Waals surface area contributed by atoms with Crippen molar-refractivity contribution in [1.82, 2.24) is 0 Å². The molecule has 0 heterocycles. The van der Waals surface area contributed by atoms with Crippen LogP contribution in [0, 0.1) is 0 Å². The molecule has 0 aromatic heterocycles. The van der Waals surface area contributed by atoms with Crippen LogP contribution in [0.2, 0.25) is 0 Å². The third-order valence-corrected chi connectivity index (χ3v) is 4.96. The monoisotopic (exact) mass is 766 g/mol. The van der Waals surface area contributed by atoms with Crippen LogP contribution in [0.25, 0.3) is 0 Å². The highest BCUT2D eigenvalue weighted by Gasteiger charge is 2.89. The van der Waals surface area contributed by atoms with E-state index in [1.807, 2.05) is 0 Å². The number of hydrogen-bond donors (Lipinski definition) is 0. The predicted octanol–water partition coefficient (Wildman–Crippen LogP) is 6.10. The van der Waals surface area contributed by atoms with Crippen LogP contribution in [-0.4, -0.2) is 98.1 Å². The van der Waals surface area contributed by atoms with Gasteiger partial charge in [-0.25, -0.2) is 18.8 Å². The SMILES string of the molecule is C=CC(=O)OCC(OC(F)(F)C(F)(C(F)(F)OC(F)(COC(=O)C=C)C(F)(F)F)C(F)(F)OC(F)(COC(=O)C=C)C(F)(F)F)C(F)(F)F. The second-order valence-corrected chi connectivity index (χ2v) is 8.47. The Morgan fingerprint density at radius 3 is 1.08 bits per heavy atom. The molecular weight excluding hydrogens is 750 g/mol. The van der Waals surface area contributed by atoms with Gasteiger partial charge in [-0.3, -0.25) is 9.47 Å². The quantitative estimate of drug-likeness (QED) is 0.0709. The zero-order valence-corrected chi connectivity index (χ0v) is 23.0. The molecule has 0 spiro atoms. The Morgan fingerprint density at radius 2 is 0.816 bits per heavy atom. The van der Waals surface area contributed by atoms with Crippen molar-refractivity contribution >= 4 is 17.9 Å². The van der Waals surface area contributed by atoms with Crippen molar-refractivity contribution in [3.63, 3.8) is 0 Å². The van der Waals surface area contributed by atoms with Crippen molar-refractivity contribution in [3.8, 4) is 0 Å². The van der Waals surface area contributed by atoms with Crippen LogP contribution < -0.4 is 0 Å². The second-order valence-electron chi connectivity index (χ2n) is 8.47. The van der Waals surface area contributed by atoms with Crippen LogP contribution in [0.4, 0.5) is 79.0 Å². The maximum atomic E-state index is 15.7. The first-order valence-corrected chi connectivity index (χ1v) is 11.5. The molecule has 49 heavy (non-hydrogen) atoms. The van der Waals surface area contributed by atoms with Gasteiger partial charge in [-0.1, -0.05) is 19.7 Å². The standard InChI is InChI=1S/C22H16F18O9/c1-4-11(41)44-7-10(16(25,26)27)47-20(35,36)17(28,21(37,38)48-14(23,18(29,30)31)8-45-12(42)5-2)22(39,40)49-15(24,19(32,33)34)9-46-13(43)6-3/h4-6,10H,1-3,7-9H2. The third kappa shape index (κ3) is 10.4. The number of alkyl halides is 18. The van der Waals surface area contributed by atoms with Crippen molar-refractivity contribution in [2.45, 2.75) is 60.3 Å². The van der Waals surface area contributed by atoms with Crippen molar-refractivity contribution < 1.29 is 122 Å². The van der Waals surface area contributed by atoms with E-state index in [1.165, 1.54) is 0 Å². The van der Waals surface area contributed by atoms with Gasteiger partial charge in [-0.05, 0) is 0 Å². The molecule has 0 fully saturated rings. The molecule has 0 rings (SSSR count). The minimum absolute atomic E-state index is 0.0384. The van der Waals surface area contributed by atoms with E-state index in [2.05, 4.69) is 48.2 Å². The summed E-state index contributed by atoms with van der Waals surface area (Å²) in [5.41, 5.74) is -8.53. The van der Waals surface area contributed by atoms with Gasteiger partial charge in [-0.15, -0.1) is 0 Å². The predicted molar refractivity (Wildman–Crippen MR) is 115 cm³/mol. The first-order valence-electron chi connectivity index (χ1n) is 11.5. The molecule has 0 aliphatic heterocycles. The Morgan fingerprint density at radius 1 is 0.510 bits per heavy atom. The maximum Gasteiger partial charge on any atom is 0.452 e. The molecule has 3 atom stereocenters. The summed E-state index contributed by atoms with van der Waals surface area (Å²) in [6.07, 6.45) is -50.8. The number of ether oxygens (including phenoxy) is 6. The zero-order chi connectivity index (χ0) is 39.3. The highest BCUT2D eigenvalue weighted by atomic mass is 19.4. The van der Waals surface area contributed by atoms with Gasteiger partial charge in [0.25, 0.3) is 0 Å². The molecule has 0 aromatic rings. The molecule has 0 aliphatic carbocycles. The highest BCUT2D eigenvalue weighted by molar-refractivity contribution is 5.81. The first kappa shape index (κ1) is 45.2. The van der Waals surface area contributed by atoms with Crippen LogP contribution in [0.3, 0.4) is 0 Å². The average Bonchev–Trinajstić information content (AvgIpc) is 2.93. The largest absolute Gasteiger partial charge is 0.459 e. The molecule has 3 unspecified atom stereocenters. The molecular formula is C22H16F18O9. The lowest BCUT2D eigenvalue weighted by atomic mass is 10.0. The molecule has 0 saturated carbocycles. The molecule has 284 valence electrons. The molecule has 9 nitrogen and oxygen atoms in total. The van der Waals surface area contributed by atoms with E-state index in [4.69, 9.17) is 0 Å². The summed E-state index contributed by atoms with van der Waals surface area (Å²) in [5.74, 6) is -19.9. The summed E-state index contributed by atoms with van der Waals surface area (Å²) in [5, 5.41) is 0. The van der Waals surface area contributed by atoms with Gasteiger partial charge < -0.3 is 18.9 Å². The van der Waals surface area contributed by atoms with Gasteiger partial charge in [0.1, 0.15) is 6.61 Å². The number of hydrogen-bond acceptors (Lipinski definition) is 9. The van der Waals surface area contributed by atoms with Crippen LogP contribution in [0.5, 0.6) is 0 Å². The van der Waals surface area contributed by atoms with Gasteiger partial charge in [0.2, 0.25) is 0 Å². The van der Waals surface area contributed by atoms with E-state index in [9.17, 15) is 89.0 Å². The Bertz CT molecular complexity index is 1170. The van der Waals surface area contributed by atoms with Crippen molar-refractivity contribution in [2.24, 2.45) is 0 Å². The van der Waals surface area contributed by atoms with Crippen LogP contribution in [0.1, 0.15) is 0 Å². The molecule has 27 heteroatoms. The van der Waals surface area contributed by atoms with Gasteiger partial charge in [0, 0.05) is 18.2 Å². The van der Waals surface area contributed by atoms with E-state index in [0.29, 0.717) is 0 Å². The van der Waals surface area contributed by atoms with E-state index >= 15 is 4.39 Å². The molecule has 0 radical (unpaired) electrons. The molecule has 0 N–H and O–H groups in total. The number of esters is 3. The lowest BCUT2D eigenvalue weighted by Crippen LogP contribution is -2.74. The Balaban J connectivity index is 7.73. The number of halogens is 18. The lowest BCUT2D eigenvalue weighted by Gasteiger charge is -2.45.